The smallest absolute Gasteiger partial charge is 0.253 e. The summed E-state index contributed by atoms with van der Waals surface area (Å²) in [5.74, 6) is 0.537. The summed E-state index contributed by atoms with van der Waals surface area (Å²) >= 11 is 0. The lowest BCUT2D eigenvalue weighted by Crippen LogP contribution is -2.28. The van der Waals surface area contributed by atoms with Gasteiger partial charge in [-0.15, -0.1) is 0 Å². The molecule has 2 aromatic heterocycles. The number of hydrogen-bond donors (Lipinski definition) is 2. The number of carbonyl (C=O) groups is 1. The molecule has 186 valence electrons. The molecule has 2 aliphatic rings. The molecular weight excluding hydrogens is 440 g/mol. The first kappa shape index (κ1) is 23.8. The number of carbonyl (C=O) groups excluding carboxylic acids is 1. The van der Waals surface area contributed by atoms with Gasteiger partial charge in [-0.1, -0.05) is 18.9 Å². The van der Waals surface area contributed by atoms with Crippen LogP contribution in [-0.4, -0.2) is 33.9 Å². The number of hydrogen-bond acceptors (Lipinski definition) is 4. The number of aromatic amines is 1. The van der Waals surface area contributed by atoms with Crippen LogP contribution in [0.15, 0.2) is 35.3 Å². The molecule has 0 atom stereocenters. The third-order valence-electron chi connectivity index (χ3n) is 7.74. The van der Waals surface area contributed by atoms with Crippen LogP contribution in [0.25, 0.3) is 10.9 Å². The molecule has 1 aliphatic heterocycles. The van der Waals surface area contributed by atoms with Crippen molar-refractivity contribution in [3.63, 3.8) is 0 Å². The topological polar surface area (TPSA) is 89.0 Å². The van der Waals surface area contributed by atoms with Crippen LogP contribution < -0.4 is 10.9 Å². The van der Waals surface area contributed by atoms with Gasteiger partial charge in [-0.25, -0.2) is 0 Å². The van der Waals surface area contributed by atoms with Gasteiger partial charge in [0.15, 0.2) is 0 Å². The summed E-state index contributed by atoms with van der Waals surface area (Å²) in [5.41, 5.74) is 4.05. The first-order chi connectivity index (χ1) is 17.1. The number of H-pyrrole nitrogens is 1. The minimum Gasteiger partial charge on any atom is -0.381 e. The van der Waals surface area contributed by atoms with E-state index in [1.807, 2.05) is 31.3 Å². The highest BCUT2D eigenvalue weighted by molar-refractivity contribution is 6.06. The van der Waals surface area contributed by atoms with Crippen molar-refractivity contribution >= 4 is 16.8 Å². The molecule has 35 heavy (non-hydrogen) atoms. The molecule has 1 aromatic carbocycles. The number of ether oxygens (including phenoxy) is 1. The summed E-state index contributed by atoms with van der Waals surface area (Å²) in [4.78, 5) is 28.9. The fourth-order valence-electron chi connectivity index (χ4n) is 5.79. The number of fused-ring (bicyclic) bond motifs is 1. The molecule has 1 amide bonds. The fraction of sp³-hybridized carbons (Fsp3) is 0.536. The molecule has 0 spiro atoms. The van der Waals surface area contributed by atoms with Crippen molar-refractivity contribution in [1.82, 2.24) is 20.1 Å². The Morgan fingerprint density at radius 1 is 1.20 bits per heavy atom. The van der Waals surface area contributed by atoms with E-state index in [1.54, 1.807) is 0 Å². The van der Waals surface area contributed by atoms with Crippen LogP contribution >= 0.6 is 0 Å². The molecule has 0 radical (unpaired) electrons. The number of nitrogens with zero attached hydrogens (tertiary/aromatic N) is 2. The van der Waals surface area contributed by atoms with Gasteiger partial charge in [0.2, 0.25) is 0 Å². The monoisotopic (exact) mass is 476 g/mol. The molecule has 0 unspecified atom stereocenters. The Kier molecular flexibility index (Phi) is 7.32. The van der Waals surface area contributed by atoms with Crippen molar-refractivity contribution in [2.75, 3.05) is 13.2 Å². The maximum atomic E-state index is 13.2. The molecule has 0 bridgehead atoms. The van der Waals surface area contributed by atoms with Gasteiger partial charge in [-0.05, 0) is 81.5 Å². The highest BCUT2D eigenvalue weighted by atomic mass is 16.5. The SMILES string of the molecule is Cc1cc(CCCC2CCOCC2)c(CNC(=O)c2cccc3c2cnn3C2CCCC2)c(=O)[nH]1. The van der Waals surface area contributed by atoms with Crippen LogP contribution in [0.2, 0.25) is 0 Å². The minimum absolute atomic E-state index is 0.112. The van der Waals surface area contributed by atoms with Crippen molar-refractivity contribution < 1.29 is 9.53 Å². The van der Waals surface area contributed by atoms with Gasteiger partial charge in [0, 0.05) is 36.4 Å². The van der Waals surface area contributed by atoms with Crippen molar-refractivity contribution in [3.05, 3.63) is 63.2 Å². The Bertz CT molecular complexity index is 1230. The number of nitrogens with one attached hydrogen (secondary N) is 2. The number of aryl methyl sites for hydroxylation is 2. The average molecular weight is 477 g/mol. The predicted molar refractivity (Wildman–Crippen MR) is 137 cm³/mol. The van der Waals surface area contributed by atoms with Crippen molar-refractivity contribution in [2.45, 2.75) is 77.3 Å². The van der Waals surface area contributed by atoms with E-state index < -0.39 is 0 Å². The third kappa shape index (κ3) is 5.35. The molecule has 3 heterocycles. The molecule has 1 saturated carbocycles. The first-order valence-corrected chi connectivity index (χ1v) is 13.1. The molecule has 1 aliphatic carbocycles. The number of benzene rings is 1. The van der Waals surface area contributed by atoms with E-state index in [0.717, 1.165) is 80.3 Å². The second-order valence-electron chi connectivity index (χ2n) is 10.2. The number of pyridine rings is 1. The molecule has 5 rings (SSSR count). The second-order valence-corrected chi connectivity index (χ2v) is 10.2. The highest BCUT2D eigenvalue weighted by Gasteiger charge is 2.21. The maximum Gasteiger partial charge on any atom is 0.253 e. The van der Waals surface area contributed by atoms with Gasteiger partial charge < -0.3 is 15.0 Å². The van der Waals surface area contributed by atoms with Crippen LogP contribution in [0.3, 0.4) is 0 Å². The van der Waals surface area contributed by atoms with Gasteiger partial charge in [0.25, 0.3) is 11.5 Å². The van der Waals surface area contributed by atoms with E-state index in [1.165, 1.54) is 12.8 Å². The van der Waals surface area contributed by atoms with E-state index in [0.29, 0.717) is 23.1 Å². The number of amides is 1. The normalized spacial score (nSPS) is 17.3. The Morgan fingerprint density at radius 2 is 2.00 bits per heavy atom. The molecule has 1 saturated heterocycles. The Hall–Kier alpha value is -2.93. The molecular formula is C28H36N4O3. The van der Waals surface area contributed by atoms with E-state index in [-0.39, 0.29) is 18.0 Å². The fourth-order valence-corrected chi connectivity index (χ4v) is 5.79. The van der Waals surface area contributed by atoms with E-state index in [4.69, 9.17) is 4.74 Å². The van der Waals surface area contributed by atoms with Crippen LogP contribution in [0.1, 0.15) is 84.6 Å². The minimum atomic E-state index is -0.172. The van der Waals surface area contributed by atoms with Crippen LogP contribution in [0.4, 0.5) is 0 Å². The molecule has 2 N–H and O–H groups in total. The van der Waals surface area contributed by atoms with Crippen LogP contribution in [0.5, 0.6) is 0 Å². The van der Waals surface area contributed by atoms with E-state index >= 15 is 0 Å². The summed E-state index contributed by atoms with van der Waals surface area (Å²) in [6.07, 6.45) is 11.8. The Labute approximate surface area is 206 Å². The first-order valence-electron chi connectivity index (χ1n) is 13.1. The Morgan fingerprint density at radius 3 is 2.80 bits per heavy atom. The lowest BCUT2D eigenvalue weighted by molar-refractivity contribution is 0.0633. The summed E-state index contributed by atoms with van der Waals surface area (Å²) in [5, 5.41) is 8.50. The Balaban J connectivity index is 1.29. The van der Waals surface area contributed by atoms with Gasteiger partial charge in [-0.3, -0.25) is 14.3 Å². The zero-order chi connectivity index (χ0) is 24.2. The van der Waals surface area contributed by atoms with Crippen LogP contribution in [-0.2, 0) is 17.7 Å². The lowest BCUT2D eigenvalue weighted by atomic mass is 9.92. The zero-order valence-electron chi connectivity index (χ0n) is 20.6. The molecule has 2 fully saturated rings. The average Bonchev–Trinajstić information content (AvgIpc) is 3.53. The van der Waals surface area contributed by atoms with Crippen LogP contribution in [0, 0.1) is 12.8 Å². The number of rotatable bonds is 8. The quantitative estimate of drug-likeness (QED) is 0.487. The van der Waals surface area contributed by atoms with Crippen molar-refractivity contribution in [2.24, 2.45) is 5.92 Å². The molecule has 7 heteroatoms. The van der Waals surface area contributed by atoms with Gasteiger partial charge in [-0.2, -0.15) is 5.10 Å². The standard InChI is InChI=1S/C28H36N4O3/c1-19-16-21(7-4-6-20-12-14-35-15-13-20)24(28(34)31-19)17-29-27(33)23-10-5-11-26-25(23)18-30-32(26)22-8-2-3-9-22/h5,10-11,16,18,20,22H,2-4,6-9,12-15,17H2,1H3,(H,29,33)(H,31,34). The zero-order valence-corrected chi connectivity index (χ0v) is 20.6. The molecule has 3 aromatic rings. The van der Waals surface area contributed by atoms with E-state index in [9.17, 15) is 9.59 Å². The highest BCUT2D eigenvalue weighted by Crippen LogP contribution is 2.32. The van der Waals surface area contributed by atoms with E-state index in [2.05, 4.69) is 26.1 Å². The third-order valence-corrected chi connectivity index (χ3v) is 7.74. The lowest BCUT2D eigenvalue weighted by Gasteiger charge is -2.22. The molecule has 7 nitrogen and oxygen atoms in total. The van der Waals surface area contributed by atoms with Gasteiger partial charge >= 0.3 is 0 Å². The van der Waals surface area contributed by atoms with Crippen molar-refractivity contribution in [1.29, 1.82) is 0 Å². The summed E-state index contributed by atoms with van der Waals surface area (Å²) < 4.78 is 7.55. The maximum absolute atomic E-state index is 13.2. The summed E-state index contributed by atoms with van der Waals surface area (Å²) in [6.45, 7) is 3.85. The second kappa shape index (κ2) is 10.8. The van der Waals surface area contributed by atoms with Gasteiger partial charge in [0.1, 0.15) is 0 Å². The summed E-state index contributed by atoms with van der Waals surface area (Å²) in [7, 11) is 0. The predicted octanol–water partition coefficient (Wildman–Crippen LogP) is 4.83. The van der Waals surface area contributed by atoms with Gasteiger partial charge in [0.05, 0.1) is 23.3 Å². The summed E-state index contributed by atoms with van der Waals surface area (Å²) in [6, 6.07) is 8.27. The van der Waals surface area contributed by atoms with Crippen molar-refractivity contribution in [3.8, 4) is 0 Å². The number of aromatic nitrogens is 3. The largest absolute Gasteiger partial charge is 0.381 e.